The third-order valence-corrected chi connectivity index (χ3v) is 2.55. The first kappa shape index (κ1) is 10.2. The molecule has 0 radical (unpaired) electrons. The first-order chi connectivity index (χ1) is 7.22. The van der Waals surface area contributed by atoms with E-state index in [1.54, 1.807) is 0 Å². The van der Waals surface area contributed by atoms with Crippen LogP contribution in [-0.2, 0) is 6.54 Å². The molecule has 0 saturated carbocycles. The van der Waals surface area contributed by atoms with Crippen molar-refractivity contribution < 1.29 is 4.52 Å². The second kappa shape index (κ2) is 4.04. The first-order valence-corrected chi connectivity index (χ1v) is 5.01. The van der Waals surface area contributed by atoms with Crippen molar-refractivity contribution in [2.75, 3.05) is 0 Å². The van der Waals surface area contributed by atoms with Crippen molar-refractivity contribution in [1.82, 2.24) is 5.16 Å². The fraction of sp³-hybridized carbons (Fsp3) is 0.182. The molecule has 2 rings (SSSR count). The van der Waals surface area contributed by atoms with E-state index in [-0.39, 0.29) is 0 Å². The van der Waals surface area contributed by atoms with E-state index in [4.69, 9.17) is 21.9 Å². The van der Waals surface area contributed by atoms with Crippen molar-refractivity contribution in [1.29, 1.82) is 0 Å². The van der Waals surface area contributed by atoms with Gasteiger partial charge in [0.2, 0.25) is 0 Å². The lowest BCUT2D eigenvalue weighted by Gasteiger charge is -1.99. The fourth-order valence-electron chi connectivity index (χ4n) is 1.46. The summed E-state index contributed by atoms with van der Waals surface area (Å²) in [5, 5.41) is 4.60. The SMILES string of the molecule is Cc1noc(-c2ccc(Cl)cc2)c1CN. The summed E-state index contributed by atoms with van der Waals surface area (Å²) in [6, 6.07) is 7.41. The summed E-state index contributed by atoms with van der Waals surface area (Å²) in [7, 11) is 0. The largest absolute Gasteiger partial charge is 0.356 e. The highest BCUT2D eigenvalue weighted by atomic mass is 35.5. The van der Waals surface area contributed by atoms with Crippen LogP contribution in [0.15, 0.2) is 28.8 Å². The molecule has 0 saturated heterocycles. The molecule has 0 bridgehead atoms. The second-order valence-electron chi connectivity index (χ2n) is 3.29. The van der Waals surface area contributed by atoms with Crippen molar-refractivity contribution in [3.63, 3.8) is 0 Å². The van der Waals surface area contributed by atoms with E-state index in [1.807, 2.05) is 31.2 Å². The van der Waals surface area contributed by atoms with Crippen LogP contribution in [0.5, 0.6) is 0 Å². The van der Waals surface area contributed by atoms with Crippen LogP contribution in [0.4, 0.5) is 0 Å². The molecule has 1 aromatic heterocycles. The third-order valence-electron chi connectivity index (χ3n) is 2.30. The molecule has 78 valence electrons. The minimum absolute atomic E-state index is 0.424. The van der Waals surface area contributed by atoms with Crippen molar-refractivity contribution in [3.05, 3.63) is 40.5 Å². The van der Waals surface area contributed by atoms with Gasteiger partial charge in [0.05, 0.1) is 5.69 Å². The topological polar surface area (TPSA) is 52.0 Å². The van der Waals surface area contributed by atoms with Gasteiger partial charge in [0.25, 0.3) is 0 Å². The van der Waals surface area contributed by atoms with Crippen LogP contribution in [0, 0.1) is 6.92 Å². The average Bonchev–Trinajstić information content (AvgIpc) is 2.61. The summed E-state index contributed by atoms with van der Waals surface area (Å²) in [6.45, 7) is 2.30. The Bertz CT molecular complexity index is 462. The molecule has 1 aromatic carbocycles. The van der Waals surface area contributed by atoms with Crippen LogP contribution >= 0.6 is 11.6 Å². The molecule has 0 fully saturated rings. The minimum Gasteiger partial charge on any atom is -0.356 e. The van der Waals surface area contributed by atoms with Gasteiger partial charge in [0.1, 0.15) is 0 Å². The van der Waals surface area contributed by atoms with Gasteiger partial charge in [-0.1, -0.05) is 16.8 Å². The van der Waals surface area contributed by atoms with E-state index in [0.29, 0.717) is 11.6 Å². The molecule has 1 heterocycles. The number of halogens is 1. The number of hydrogen-bond acceptors (Lipinski definition) is 3. The number of rotatable bonds is 2. The molecule has 0 spiro atoms. The lowest BCUT2D eigenvalue weighted by Crippen LogP contribution is -1.98. The Morgan fingerprint density at radius 3 is 2.60 bits per heavy atom. The fourth-order valence-corrected chi connectivity index (χ4v) is 1.58. The van der Waals surface area contributed by atoms with E-state index in [2.05, 4.69) is 5.16 Å². The monoisotopic (exact) mass is 222 g/mol. The van der Waals surface area contributed by atoms with Crippen molar-refractivity contribution >= 4 is 11.6 Å². The summed E-state index contributed by atoms with van der Waals surface area (Å²) >= 11 is 5.81. The van der Waals surface area contributed by atoms with Gasteiger partial charge >= 0.3 is 0 Å². The highest BCUT2D eigenvalue weighted by molar-refractivity contribution is 6.30. The molecular formula is C11H11ClN2O. The maximum Gasteiger partial charge on any atom is 0.171 e. The minimum atomic E-state index is 0.424. The molecule has 4 heteroatoms. The molecule has 3 nitrogen and oxygen atoms in total. The Hall–Kier alpha value is -1.32. The summed E-state index contributed by atoms with van der Waals surface area (Å²) in [5.41, 5.74) is 8.36. The van der Waals surface area contributed by atoms with Crippen LogP contribution in [0.25, 0.3) is 11.3 Å². The molecule has 0 atom stereocenters. The highest BCUT2D eigenvalue weighted by Gasteiger charge is 2.12. The second-order valence-corrected chi connectivity index (χ2v) is 3.72. The molecule has 0 unspecified atom stereocenters. The van der Waals surface area contributed by atoms with Crippen LogP contribution in [0.2, 0.25) is 5.02 Å². The number of benzene rings is 1. The maximum atomic E-state index is 5.81. The van der Waals surface area contributed by atoms with Crippen molar-refractivity contribution in [2.45, 2.75) is 13.5 Å². The van der Waals surface area contributed by atoms with E-state index in [0.717, 1.165) is 22.6 Å². The van der Waals surface area contributed by atoms with E-state index < -0.39 is 0 Å². The van der Waals surface area contributed by atoms with Crippen molar-refractivity contribution in [2.24, 2.45) is 5.73 Å². The summed E-state index contributed by atoms with van der Waals surface area (Å²) in [4.78, 5) is 0. The smallest absolute Gasteiger partial charge is 0.171 e. The Morgan fingerprint density at radius 1 is 1.33 bits per heavy atom. The van der Waals surface area contributed by atoms with Gasteiger partial charge in [-0.2, -0.15) is 0 Å². The molecule has 0 aliphatic rings. The summed E-state index contributed by atoms with van der Waals surface area (Å²) in [6.07, 6.45) is 0. The Labute approximate surface area is 92.8 Å². The van der Waals surface area contributed by atoms with Crippen LogP contribution in [-0.4, -0.2) is 5.16 Å². The van der Waals surface area contributed by atoms with Crippen LogP contribution in [0.1, 0.15) is 11.3 Å². The van der Waals surface area contributed by atoms with Gasteiger partial charge in [0, 0.05) is 22.7 Å². The molecule has 0 aliphatic carbocycles. The van der Waals surface area contributed by atoms with E-state index in [1.165, 1.54) is 0 Å². The number of nitrogens with zero attached hydrogens (tertiary/aromatic N) is 1. The van der Waals surface area contributed by atoms with Gasteiger partial charge in [0.15, 0.2) is 5.76 Å². The maximum absolute atomic E-state index is 5.81. The Morgan fingerprint density at radius 2 is 2.00 bits per heavy atom. The standard InChI is InChI=1S/C11H11ClN2O/c1-7-10(6-13)11(15-14-7)8-2-4-9(12)5-3-8/h2-5H,6,13H2,1H3. The van der Waals surface area contributed by atoms with Gasteiger partial charge in [-0.05, 0) is 31.2 Å². The molecule has 15 heavy (non-hydrogen) atoms. The van der Waals surface area contributed by atoms with E-state index >= 15 is 0 Å². The highest BCUT2D eigenvalue weighted by Crippen LogP contribution is 2.26. The van der Waals surface area contributed by atoms with Crippen molar-refractivity contribution in [3.8, 4) is 11.3 Å². The average molecular weight is 223 g/mol. The Kier molecular flexibility index (Phi) is 2.75. The Balaban J connectivity index is 2.49. The zero-order valence-corrected chi connectivity index (χ0v) is 9.08. The number of aromatic nitrogens is 1. The normalized spacial score (nSPS) is 10.6. The quantitative estimate of drug-likeness (QED) is 0.850. The molecule has 0 aliphatic heterocycles. The number of hydrogen-bond donors (Lipinski definition) is 1. The van der Waals surface area contributed by atoms with Crippen LogP contribution < -0.4 is 5.73 Å². The lowest BCUT2D eigenvalue weighted by molar-refractivity contribution is 0.426. The lowest BCUT2D eigenvalue weighted by atomic mass is 10.1. The van der Waals surface area contributed by atoms with Gasteiger partial charge in [-0.15, -0.1) is 0 Å². The molecular weight excluding hydrogens is 212 g/mol. The van der Waals surface area contributed by atoms with Gasteiger partial charge in [-0.25, -0.2) is 0 Å². The predicted molar refractivity (Wildman–Crippen MR) is 59.6 cm³/mol. The van der Waals surface area contributed by atoms with Gasteiger partial charge in [-0.3, -0.25) is 0 Å². The zero-order chi connectivity index (χ0) is 10.8. The predicted octanol–water partition coefficient (Wildman–Crippen LogP) is 2.76. The molecule has 0 amide bonds. The first-order valence-electron chi connectivity index (χ1n) is 4.63. The number of aryl methyl sites for hydroxylation is 1. The molecule has 2 N–H and O–H groups in total. The molecule has 2 aromatic rings. The van der Waals surface area contributed by atoms with Crippen LogP contribution in [0.3, 0.4) is 0 Å². The number of nitrogens with two attached hydrogens (primary N) is 1. The van der Waals surface area contributed by atoms with E-state index in [9.17, 15) is 0 Å². The van der Waals surface area contributed by atoms with Gasteiger partial charge < -0.3 is 10.3 Å². The summed E-state index contributed by atoms with van der Waals surface area (Å²) in [5.74, 6) is 0.728. The zero-order valence-electron chi connectivity index (χ0n) is 8.33. The summed E-state index contributed by atoms with van der Waals surface area (Å²) < 4.78 is 5.24. The third kappa shape index (κ3) is 1.89.